The standard InChI is InChI=1S/C20H19NO2S2/c1-14-8-9-18(10-15(14)2)24-13-19(22)23-11-17-12-25-20(21-17)16-6-4-3-5-7-16/h3-10,12H,11,13H2,1-2H3. The van der Waals surface area contributed by atoms with E-state index in [0.29, 0.717) is 5.75 Å². The van der Waals surface area contributed by atoms with Crippen LogP contribution >= 0.6 is 23.1 Å². The summed E-state index contributed by atoms with van der Waals surface area (Å²) >= 11 is 3.06. The van der Waals surface area contributed by atoms with Crippen LogP contribution in [-0.4, -0.2) is 16.7 Å². The van der Waals surface area contributed by atoms with Crippen molar-refractivity contribution in [1.82, 2.24) is 4.98 Å². The Morgan fingerprint density at radius 1 is 1.12 bits per heavy atom. The largest absolute Gasteiger partial charge is 0.459 e. The number of hydrogen-bond donors (Lipinski definition) is 0. The normalized spacial score (nSPS) is 10.6. The highest BCUT2D eigenvalue weighted by atomic mass is 32.2. The van der Waals surface area contributed by atoms with Crippen molar-refractivity contribution in [3.63, 3.8) is 0 Å². The first-order chi connectivity index (χ1) is 12.1. The van der Waals surface area contributed by atoms with Crippen molar-refractivity contribution in [2.75, 3.05) is 5.75 Å². The fourth-order valence-electron chi connectivity index (χ4n) is 2.23. The van der Waals surface area contributed by atoms with Crippen LogP contribution in [0.3, 0.4) is 0 Å². The molecule has 0 N–H and O–H groups in total. The molecule has 0 fully saturated rings. The fraction of sp³-hybridized carbons (Fsp3) is 0.200. The zero-order valence-electron chi connectivity index (χ0n) is 14.2. The molecular weight excluding hydrogens is 350 g/mol. The van der Waals surface area contributed by atoms with Crippen LogP contribution in [0.15, 0.2) is 58.8 Å². The van der Waals surface area contributed by atoms with Crippen molar-refractivity contribution >= 4 is 29.1 Å². The van der Waals surface area contributed by atoms with E-state index in [4.69, 9.17) is 4.74 Å². The lowest BCUT2D eigenvalue weighted by Gasteiger charge is -2.05. The molecule has 2 aromatic carbocycles. The van der Waals surface area contributed by atoms with Gasteiger partial charge in [0.2, 0.25) is 0 Å². The molecular formula is C20H19NO2S2. The van der Waals surface area contributed by atoms with E-state index in [0.717, 1.165) is 21.2 Å². The molecule has 25 heavy (non-hydrogen) atoms. The lowest BCUT2D eigenvalue weighted by Crippen LogP contribution is -2.07. The van der Waals surface area contributed by atoms with E-state index in [1.54, 1.807) is 11.3 Å². The number of thiazole rings is 1. The van der Waals surface area contributed by atoms with E-state index >= 15 is 0 Å². The minimum Gasteiger partial charge on any atom is -0.459 e. The van der Waals surface area contributed by atoms with Gasteiger partial charge in [-0.3, -0.25) is 4.79 Å². The first-order valence-corrected chi connectivity index (χ1v) is 9.84. The minimum absolute atomic E-state index is 0.218. The average Bonchev–Trinajstić information content (AvgIpc) is 3.11. The van der Waals surface area contributed by atoms with Gasteiger partial charge in [-0.05, 0) is 37.1 Å². The van der Waals surface area contributed by atoms with Crippen molar-refractivity contribution in [2.24, 2.45) is 0 Å². The van der Waals surface area contributed by atoms with Crippen molar-refractivity contribution in [3.05, 3.63) is 70.7 Å². The third-order valence-corrected chi connectivity index (χ3v) is 5.70. The van der Waals surface area contributed by atoms with E-state index in [-0.39, 0.29) is 12.6 Å². The number of ether oxygens (including phenoxy) is 1. The predicted octanol–water partition coefficient (Wildman–Crippen LogP) is 5.26. The third kappa shape index (κ3) is 4.94. The first kappa shape index (κ1) is 17.7. The molecule has 0 aliphatic carbocycles. The number of rotatable bonds is 6. The quantitative estimate of drug-likeness (QED) is 0.439. The molecule has 0 amide bonds. The van der Waals surface area contributed by atoms with Gasteiger partial charge in [-0.25, -0.2) is 4.98 Å². The second-order valence-corrected chi connectivity index (χ2v) is 7.61. The summed E-state index contributed by atoms with van der Waals surface area (Å²) in [4.78, 5) is 17.6. The van der Waals surface area contributed by atoms with Crippen molar-refractivity contribution in [1.29, 1.82) is 0 Å². The Labute approximate surface area is 156 Å². The Balaban J connectivity index is 1.49. The second kappa shape index (κ2) is 8.32. The first-order valence-electron chi connectivity index (χ1n) is 7.97. The van der Waals surface area contributed by atoms with Crippen LogP contribution in [0.1, 0.15) is 16.8 Å². The van der Waals surface area contributed by atoms with Gasteiger partial charge >= 0.3 is 5.97 Å². The number of thioether (sulfide) groups is 1. The molecule has 0 radical (unpaired) electrons. The zero-order valence-corrected chi connectivity index (χ0v) is 15.8. The van der Waals surface area contributed by atoms with Gasteiger partial charge < -0.3 is 4.74 Å². The van der Waals surface area contributed by atoms with Gasteiger partial charge in [-0.1, -0.05) is 36.4 Å². The van der Waals surface area contributed by atoms with Crippen molar-refractivity contribution in [2.45, 2.75) is 25.3 Å². The summed E-state index contributed by atoms with van der Waals surface area (Å²) in [7, 11) is 0. The zero-order chi connectivity index (χ0) is 17.6. The van der Waals surface area contributed by atoms with Crippen LogP contribution in [-0.2, 0) is 16.1 Å². The molecule has 0 unspecified atom stereocenters. The third-order valence-electron chi connectivity index (χ3n) is 3.79. The van der Waals surface area contributed by atoms with Gasteiger partial charge in [0.15, 0.2) is 0 Å². The van der Waals surface area contributed by atoms with Crippen molar-refractivity contribution < 1.29 is 9.53 Å². The summed E-state index contributed by atoms with van der Waals surface area (Å²) in [5.41, 5.74) is 4.35. The number of benzene rings is 2. The monoisotopic (exact) mass is 369 g/mol. The van der Waals surface area contributed by atoms with E-state index in [1.807, 2.05) is 41.8 Å². The number of hydrogen-bond acceptors (Lipinski definition) is 5. The number of nitrogens with zero attached hydrogens (tertiary/aromatic N) is 1. The minimum atomic E-state index is -0.225. The van der Waals surface area contributed by atoms with E-state index < -0.39 is 0 Å². The molecule has 0 saturated carbocycles. The lowest BCUT2D eigenvalue weighted by molar-refractivity contribution is -0.141. The second-order valence-electron chi connectivity index (χ2n) is 5.71. The molecule has 3 rings (SSSR count). The van der Waals surface area contributed by atoms with Gasteiger partial charge in [0.05, 0.1) is 11.4 Å². The van der Waals surface area contributed by atoms with Gasteiger partial charge in [-0.15, -0.1) is 23.1 Å². The Bertz CT molecular complexity index is 859. The maximum atomic E-state index is 12.0. The Morgan fingerprint density at radius 2 is 1.92 bits per heavy atom. The molecule has 1 heterocycles. The van der Waals surface area contributed by atoms with Crippen molar-refractivity contribution in [3.8, 4) is 10.6 Å². The van der Waals surface area contributed by atoms with Crippen LogP contribution < -0.4 is 0 Å². The molecule has 5 heteroatoms. The number of esters is 1. The molecule has 0 spiro atoms. The number of aromatic nitrogens is 1. The topological polar surface area (TPSA) is 39.2 Å². The molecule has 128 valence electrons. The summed E-state index contributed by atoms with van der Waals surface area (Å²) in [5, 5.41) is 2.88. The number of carbonyl (C=O) groups excluding carboxylic acids is 1. The van der Waals surface area contributed by atoms with Crippen LogP contribution in [0, 0.1) is 13.8 Å². The lowest BCUT2D eigenvalue weighted by atomic mass is 10.1. The molecule has 0 bridgehead atoms. The molecule has 0 atom stereocenters. The summed E-state index contributed by atoms with van der Waals surface area (Å²) in [6.45, 7) is 4.37. The highest BCUT2D eigenvalue weighted by Gasteiger charge is 2.09. The Hall–Kier alpha value is -2.11. The van der Waals surface area contributed by atoms with E-state index in [2.05, 4.69) is 31.0 Å². The van der Waals surface area contributed by atoms with E-state index in [1.165, 1.54) is 22.9 Å². The maximum Gasteiger partial charge on any atom is 0.316 e. The summed E-state index contributed by atoms with van der Waals surface area (Å²) in [6.07, 6.45) is 0. The van der Waals surface area contributed by atoms with Gasteiger partial charge in [0, 0.05) is 15.8 Å². The predicted molar refractivity (Wildman–Crippen MR) is 104 cm³/mol. The SMILES string of the molecule is Cc1ccc(SCC(=O)OCc2csc(-c3ccccc3)n2)cc1C. The Morgan fingerprint density at radius 3 is 2.68 bits per heavy atom. The summed E-state index contributed by atoms with van der Waals surface area (Å²) in [5.74, 6) is 0.0792. The van der Waals surface area contributed by atoms with Gasteiger partial charge in [0.25, 0.3) is 0 Å². The summed E-state index contributed by atoms with van der Waals surface area (Å²) < 4.78 is 5.34. The van der Waals surface area contributed by atoms with Gasteiger partial charge in [0.1, 0.15) is 11.6 Å². The van der Waals surface area contributed by atoms with Crippen LogP contribution in [0.4, 0.5) is 0 Å². The van der Waals surface area contributed by atoms with Crippen LogP contribution in [0.2, 0.25) is 0 Å². The Kier molecular flexibility index (Phi) is 5.89. The molecule has 0 aliphatic heterocycles. The molecule has 3 aromatic rings. The van der Waals surface area contributed by atoms with Crippen LogP contribution in [0.5, 0.6) is 0 Å². The number of carbonyl (C=O) groups is 1. The highest BCUT2D eigenvalue weighted by molar-refractivity contribution is 8.00. The average molecular weight is 370 g/mol. The molecule has 0 aliphatic rings. The molecule has 0 saturated heterocycles. The van der Waals surface area contributed by atoms with Crippen LogP contribution in [0.25, 0.3) is 10.6 Å². The molecule has 3 nitrogen and oxygen atoms in total. The maximum absolute atomic E-state index is 12.0. The molecule has 1 aromatic heterocycles. The smallest absolute Gasteiger partial charge is 0.316 e. The van der Waals surface area contributed by atoms with Gasteiger partial charge in [-0.2, -0.15) is 0 Å². The summed E-state index contributed by atoms with van der Waals surface area (Å²) in [6, 6.07) is 16.2. The van der Waals surface area contributed by atoms with E-state index in [9.17, 15) is 4.79 Å². The fourth-order valence-corrected chi connectivity index (χ4v) is 3.83. The highest BCUT2D eigenvalue weighted by Crippen LogP contribution is 2.24. The number of aryl methyl sites for hydroxylation is 2.